The van der Waals surface area contributed by atoms with Gasteiger partial charge in [-0.3, -0.25) is 4.79 Å². The molecule has 0 radical (unpaired) electrons. The Hall–Kier alpha value is -1.00. The molecule has 1 spiro atoms. The Balaban J connectivity index is 1.81. The van der Waals surface area contributed by atoms with E-state index in [1.807, 2.05) is 17.2 Å². The van der Waals surface area contributed by atoms with E-state index in [9.17, 15) is 4.79 Å². The first-order chi connectivity index (χ1) is 9.18. The molecule has 1 atom stereocenters. The number of carbonyl (C=O) groups is 1. The summed E-state index contributed by atoms with van der Waals surface area (Å²) in [4.78, 5) is 14.4. The van der Waals surface area contributed by atoms with Crippen molar-refractivity contribution in [3.8, 4) is 0 Å². The zero-order valence-electron chi connectivity index (χ0n) is 11.3. The highest BCUT2D eigenvalue weighted by Gasteiger charge is 2.53. The van der Waals surface area contributed by atoms with Gasteiger partial charge in [0.15, 0.2) is 0 Å². The largest absolute Gasteiger partial charge is 0.320 e. The number of para-hydroxylation sites is 1. The van der Waals surface area contributed by atoms with Crippen LogP contribution >= 0.6 is 11.8 Å². The van der Waals surface area contributed by atoms with Crippen LogP contribution in [0.1, 0.15) is 24.8 Å². The Morgan fingerprint density at radius 1 is 1.47 bits per heavy atom. The molecule has 1 aliphatic heterocycles. The Morgan fingerprint density at radius 3 is 2.89 bits per heavy atom. The number of fused-ring (bicyclic) bond motifs is 2. The summed E-state index contributed by atoms with van der Waals surface area (Å²) in [5, 5.41) is 0. The minimum absolute atomic E-state index is 0.0882. The van der Waals surface area contributed by atoms with Crippen LogP contribution in [0, 0.1) is 0 Å². The number of thioether (sulfide) groups is 1. The summed E-state index contributed by atoms with van der Waals surface area (Å²) < 4.78 is 0. The van der Waals surface area contributed by atoms with Crippen LogP contribution in [0.2, 0.25) is 0 Å². The van der Waals surface area contributed by atoms with Gasteiger partial charge in [-0.25, -0.2) is 0 Å². The zero-order chi connectivity index (χ0) is 13.5. The average Bonchev–Trinajstić information content (AvgIpc) is 3.14. The summed E-state index contributed by atoms with van der Waals surface area (Å²) in [5.41, 5.74) is 8.74. The molecular weight excluding hydrogens is 256 g/mol. The van der Waals surface area contributed by atoms with Crippen molar-refractivity contribution in [1.29, 1.82) is 0 Å². The van der Waals surface area contributed by atoms with Crippen molar-refractivity contribution >= 4 is 23.4 Å². The fraction of sp³-hybridized carbons (Fsp3) is 0.533. The van der Waals surface area contributed by atoms with Crippen molar-refractivity contribution in [3.63, 3.8) is 0 Å². The normalized spacial score (nSPS) is 20.4. The van der Waals surface area contributed by atoms with Crippen molar-refractivity contribution < 1.29 is 4.79 Å². The van der Waals surface area contributed by atoms with E-state index in [0.29, 0.717) is 0 Å². The van der Waals surface area contributed by atoms with Gasteiger partial charge in [-0.05, 0) is 42.9 Å². The lowest BCUT2D eigenvalue weighted by Crippen LogP contribution is -2.44. The molecule has 1 aromatic carbocycles. The summed E-state index contributed by atoms with van der Waals surface area (Å²) in [5.74, 6) is 1.03. The molecule has 3 rings (SSSR count). The molecule has 0 bridgehead atoms. The maximum atomic E-state index is 12.5. The molecule has 1 aromatic rings. The standard InChI is InChI=1S/C15H20N2OS/c1-19-9-6-12(16)14(18)17-10-15(7-8-15)11-4-2-3-5-13(11)17/h2-5,12H,6-10,16H2,1H3/t12-/m0/s1. The first kappa shape index (κ1) is 13.0. The molecule has 1 fully saturated rings. The topological polar surface area (TPSA) is 46.3 Å². The summed E-state index contributed by atoms with van der Waals surface area (Å²) >= 11 is 1.74. The summed E-state index contributed by atoms with van der Waals surface area (Å²) in [6.45, 7) is 0.831. The van der Waals surface area contributed by atoms with Gasteiger partial charge in [-0.1, -0.05) is 18.2 Å². The van der Waals surface area contributed by atoms with E-state index in [0.717, 1.165) is 24.4 Å². The maximum absolute atomic E-state index is 12.5. The maximum Gasteiger partial charge on any atom is 0.243 e. The molecule has 0 aromatic heterocycles. The minimum Gasteiger partial charge on any atom is -0.320 e. The van der Waals surface area contributed by atoms with Gasteiger partial charge in [-0.15, -0.1) is 0 Å². The number of carbonyl (C=O) groups excluding carboxylic acids is 1. The lowest BCUT2D eigenvalue weighted by atomic mass is 9.99. The molecule has 2 aliphatic rings. The highest BCUT2D eigenvalue weighted by molar-refractivity contribution is 7.98. The number of hydrogen-bond acceptors (Lipinski definition) is 3. The highest BCUT2D eigenvalue weighted by Crippen LogP contribution is 2.56. The van der Waals surface area contributed by atoms with E-state index >= 15 is 0 Å². The van der Waals surface area contributed by atoms with Crippen molar-refractivity contribution in [2.24, 2.45) is 5.73 Å². The summed E-state index contributed by atoms with van der Waals surface area (Å²) in [6, 6.07) is 7.94. The number of amides is 1. The Labute approximate surface area is 118 Å². The number of hydrogen-bond donors (Lipinski definition) is 1. The third-order valence-corrected chi connectivity index (χ3v) is 4.94. The molecule has 1 amide bonds. The second-order valence-corrected chi connectivity index (χ2v) is 6.60. The van der Waals surface area contributed by atoms with Gasteiger partial charge >= 0.3 is 0 Å². The third kappa shape index (κ3) is 2.17. The number of nitrogens with zero attached hydrogens (tertiary/aromatic N) is 1. The predicted octanol–water partition coefficient (Wildman–Crippen LogP) is 2.15. The second kappa shape index (κ2) is 4.84. The van der Waals surface area contributed by atoms with Crippen molar-refractivity contribution in [2.45, 2.75) is 30.7 Å². The average molecular weight is 276 g/mol. The van der Waals surface area contributed by atoms with E-state index in [2.05, 4.69) is 18.2 Å². The van der Waals surface area contributed by atoms with Crippen LogP contribution in [0.25, 0.3) is 0 Å². The molecule has 102 valence electrons. The molecule has 1 aliphatic carbocycles. The van der Waals surface area contributed by atoms with E-state index in [-0.39, 0.29) is 17.4 Å². The van der Waals surface area contributed by atoms with Crippen LogP contribution in [0.3, 0.4) is 0 Å². The molecule has 0 saturated heterocycles. The molecule has 19 heavy (non-hydrogen) atoms. The molecule has 3 nitrogen and oxygen atoms in total. The molecular formula is C15H20N2OS. The van der Waals surface area contributed by atoms with Crippen LogP contribution in [0.15, 0.2) is 24.3 Å². The molecule has 4 heteroatoms. The van der Waals surface area contributed by atoms with Gasteiger partial charge in [0.2, 0.25) is 5.91 Å². The first-order valence-corrected chi connectivity index (χ1v) is 8.23. The fourth-order valence-electron chi connectivity index (χ4n) is 2.97. The van der Waals surface area contributed by atoms with E-state index in [4.69, 9.17) is 5.73 Å². The van der Waals surface area contributed by atoms with Gasteiger partial charge in [-0.2, -0.15) is 11.8 Å². The predicted molar refractivity (Wildman–Crippen MR) is 80.7 cm³/mol. The van der Waals surface area contributed by atoms with Crippen molar-refractivity contribution in [2.75, 3.05) is 23.5 Å². The molecule has 2 N–H and O–H groups in total. The SMILES string of the molecule is CSCC[C@H](N)C(=O)N1CC2(CC2)c2ccccc21. The van der Waals surface area contributed by atoms with Gasteiger partial charge in [0.05, 0.1) is 6.04 Å². The number of benzene rings is 1. The van der Waals surface area contributed by atoms with Crippen LogP contribution in [-0.4, -0.2) is 30.5 Å². The van der Waals surface area contributed by atoms with Crippen molar-refractivity contribution in [3.05, 3.63) is 29.8 Å². The monoisotopic (exact) mass is 276 g/mol. The Kier molecular flexibility index (Phi) is 3.31. The van der Waals surface area contributed by atoms with Gasteiger partial charge in [0.25, 0.3) is 0 Å². The summed E-state index contributed by atoms with van der Waals surface area (Å²) in [7, 11) is 0. The third-order valence-electron chi connectivity index (χ3n) is 4.30. The first-order valence-electron chi connectivity index (χ1n) is 6.83. The van der Waals surface area contributed by atoms with E-state index in [1.165, 1.54) is 18.4 Å². The van der Waals surface area contributed by atoms with Crippen LogP contribution in [0.4, 0.5) is 5.69 Å². The second-order valence-electron chi connectivity index (χ2n) is 5.61. The quantitative estimate of drug-likeness (QED) is 0.916. The van der Waals surface area contributed by atoms with Crippen LogP contribution < -0.4 is 10.6 Å². The van der Waals surface area contributed by atoms with E-state index in [1.54, 1.807) is 11.8 Å². The Morgan fingerprint density at radius 2 is 2.21 bits per heavy atom. The smallest absolute Gasteiger partial charge is 0.243 e. The van der Waals surface area contributed by atoms with E-state index < -0.39 is 0 Å². The molecule has 1 heterocycles. The minimum atomic E-state index is -0.366. The van der Waals surface area contributed by atoms with Crippen molar-refractivity contribution in [1.82, 2.24) is 0 Å². The highest BCUT2D eigenvalue weighted by atomic mass is 32.2. The zero-order valence-corrected chi connectivity index (χ0v) is 12.1. The van der Waals surface area contributed by atoms with Crippen LogP contribution in [0.5, 0.6) is 0 Å². The lowest BCUT2D eigenvalue weighted by molar-refractivity contribution is -0.119. The van der Waals surface area contributed by atoms with Gasteiger partial charge in [0.1, 0.15) is 0 Å². The van der Waals surface area contributed by atoms with Gasteiger partial charge < -0.3 is 10.6 Å². The molecule has 1 saturated carbocycles. The molecule has 0 unspecified atom stereocenters. The summed E-state index contributed by atoms with van der Waals surface area (Å²) in [6.07, 6.45) is 5.20. The number of anilines is 1. The Bertz CT molecular complexity index is 499. The van der Waals surface area contributed by atoms with Gasteiger partial charge in [0, 0.05) is 17.6 Å². The fourth-order valence-corrected chi connectivity index (χ4v) is 3.46. The number of rotatable bonds is 4. The lowest BCUT2D eigenvalue weighted by Gasteiger charge is -2.21. The number of nitrogens with two attached hydrogens (primary N) is 1. The van der Waals surface area contributed by atoms with Crippen LogP contribution in [-0.2, 0) is 10.2 Å².